The number of anilines is 3. The predicted octanol–water partition coefficient (Wildman–Crippen LogP) is 5.10. The first kappa shape index (κ1) is 42.8. The highest BCUT2D eigenvalue weighted by Gasteiger charge is 2.42. The van der Waals surface area contributed by atoms with E-state index >= 15 is 8.78 Å². The molecule has 4 N–H and O–H groups in total. The van der Waals surface area contributed by atoms with Crippen molar-refractivity contribution >= 4 is 51.5 Å². The van der Waals surface area contributed by atoms with Gasteiger partial charge in [-0.15, -0.1) is 11.3 Å². The lowest BCUT2D eigenvalue weighted by Gasteiger charge is -2.41. The number of fused-ring (bicyclic) bond motifs is 2. The van der Waals surface area contributed by atoms with Gasteiger partial charge in [0.05, 0.1) is 18.6 Å². The number of rotatable bonds is 12. The Morgan fingerprint density at radius 1 is 0.892 bits per heavy atom. The van der Waals surface area contributed by atoms with E-state index in [-0.39, 0.29) is 41.7 Å². The number of piperazine rings is 1. The summed E-state index contributed by atoms with van der Waals surface area (Å²) in [5.74, 6) is -2.33. The van der Waals surface area contributed by atoms with Gasteiger partial charge in [-0.25, -0.2) is 18.7 Å². The first-order valence-electron chi connectivity index (χ1n) is 22.3. The number of hydrogen-bond donors (Lipinski definition) is 4. The van der Waals surface area contributed by atoms with Crippen LogP contribution in [-0.2, 0) is 33.9 Å². The molecule has 0 radical (unpaired) electrons. The number of aromatic nitrogens is 3. The van der Waals surface area contributed by atoms with Crippen molar-refractivity contribution in [2.45, 2.75) is 75.8 Å². The maximum Gasteiger partial charge on any atom is 0.255 e. The highest BCUT2D eigenvalue weighted by molar-refractivity contribution is 7.13. The molecule has 7 heterocycles. The van der Waals surface area contributed by atoms with Gasteiger partial charge in [-0.2, -0.15) is 0 Å². The molecule has 3 fully saturated rings. The summed E-state index contributed by atoms with van der Waals surface area (Å²) in [4.78, 5) is 68.4. The van der Waals surface area contributed by atoms with E-state index in [4.69, 9.17) is 0 Å². The molecule has 338 valence electrons. The fourth-order valence-electron chi connectivity index (χ4n) is 10.1. The molecule has 5 aliphatic heterocycles. The number of carbonyl (C=O) groups excluding carboxylic acids is 4. The van der Waals surface area contributed by atoms with E-state index in [1.807, 2.05) is 28.8 Å². The van der Waals surface area contributed by atoms with Gasteiger partial charge in [-0.05, 0) is 104 Å². The van der Waals surface area contributed by atoms with Crippen molar-refractivity contribution in [1.82, 2.24) is 34.6 Å². The third-order valence-electron chi connectivity index (χ3n) is 13.6. The summed E-state index contributed by atoms with van der Waals surface area (Å²) < 4.78 is 33.2. The summed E-state index contributed by atoms with van der Waals surface area (Å²) in [6.45, 7) is 5.46. The van der Waals surface area contributed by atoms with Crippen LogP contribution < -0.4 is 20.9 Å². The number of nitrogens with one attached hydrogen (secondary N) is 3. The molecule has 0 bridgehead atoms. The van der Waals surface area contributed by atoms with E-state index in [0.29, 0.717) is 66.8 Å². The molecule has 10 rings (SSSR count). The number of imide groups is 1. The Bertz CT molecular complexity index is 2610. The Balaban J connectivity index is 0.724. The van der Waals surface area contributed by atoms with Gasteiger partial charge in [0.25, 0.3) is 11.8 Å². The number of β-amino-alcohol motifs (C(OH)–C–C–N with tert-alkyl or cyclic N) is 1. The van der Waals surface area contributed by atoms with Crippen molar-refractivity contribution < 1.29 is 33.1 Å². The second kappa shape index (κ2) is 18.1. The minimum Gasteiger partial charge on any atom is -0.377 e. The smallest absolute Gasteiger partial charge is 0.255 e. The van der Waals surface area contributed by atoms with Gasteiger partial charge < -0.3 is 24.8 Å². The Morgan fingerprint density at radius 2 is 1.69 bits per heavy atom. The second-order valence-corrected chi connectivity index (χ2v) is 18.4. The maximum atomic E-state index is 16.0. The van der Waals surface area contributed by atoms with Gasteiger partial charge >= 0.3 is 0 Å². The number of aliphatic hydroxyl groups excluding tert-OH is 1. The highest BCUT2D eigenvalue weighted by atomic mass is 32.1. The van der Waals surface area contributed by atoms with Crippen molar-refractivity contribution in [2.75, 3.05) is 61.3 Å². The van der Waals surface area contributed by atoms with Crippen LogP contribution in [0.3, 0.4) is 0 Å². The number of amides is 4. The number of carbonyl (C=O) groups is 4. The minimum atomic E-state index is -1.06. The van der Waals surface area contributed by atoms with Gasteiger partial charge in [0, 0.05) is 85.5 Å². The topological polar surface area (TPSA) is 168 Å². The number of aryl methyl sites for hydroxylation is 1. The molecule has 65 heavy (non-hydrogen) atoms. The van der Waals surface area contributed by atoms with Crippen LogP contribution >= 0.6 is 11.3 Å². The number of piperidine rings is 2. The zero-order chi connectivity index (χ0) is 44.8. The van der Waals surface area contributed by atoms with Crippen molar-refractivity contribution in [1.29, 1.82) is 0 Å². The molecule has 18 heteroatoms. The molecule has 15 nitrogen and oxygen atoms in total. The maximum absolute atomic E-state index is 16.0. The predicted molar refractivity (Wildman–Crippen MR) is 240 cm³/mol. The first-order chi connectivity index (χ1) is 31.6. The molecule has 5 aromatic rings. The van der Waals surface area contributed by atoms with Crippen LogP contribution in [0.4, 0.5) is 25.3 Å². The summed E-state index contributed by atoms with van der Waals surface area (Å²) in [7, 11) is 0. The Hall–Kier alpha value is -6.08. The summed E-state index contributed by atoms with van der Waals surface area (Å²) in [6.07, 6.45) is 6.45. The lowest BCUT2D eigenvalue weighted by molar-refractivity contribution is -0.133. The van der Waals surface area contributed by atoms with Crippen LogP contribution in [0.25, 0.3) is 11.1 Å². The van der Waals surface area contributed by atoms with Gasteiger partial charge in [-0.1, -0.05) is 18.2 Å². The summed E-state index contributed by atoms with van der Waals surface area (Å²) in [6, 6.07) is 14.4. The van der Waals surface area contributed by atoms with Gasteiger partial charge in [0.15, 0.2) is 11.2 Å². The van der Waals surface area contributed by atoms with Gasteiger partial charge in [-0.3, -0.25) is 39.6 Å². The molecule has 4 amide bonds. The van der Waals surface area contributed by atoms with Crippen molar-refractivity contribution in [3.63, 3.8) is 0 Å². The Morgan fingerprint density at radius 3 is 2.43 bits per heavy atom. The molecule has 3 atom stereocenters. The van der Waals surface area contributed by atoms with Crippen LogP contribution in [-0.4, -0.2) is 116 Å². The van der Waals surface area contributed by atoms with Crippen LogP contribution in [0.5, 0.6) is 0 Å². The third kappa shape index (κ3) is 8.74. The van der Waals surface area contributed by atoms with Crippen LogP contribution in [0.2, 0.25) is 0 Å². The lowest BCUT2D eigenvalue weighted by Crippen LogP contribution is -2.54. The van der Waals surface area contributed by atoms with Gasteiger partial charge in [0.2, 0.25) is 11.8 Å². The number of imidazole rings is 1. The third-order valence-corrected chi connectivity index (χ3v) is 14.3. The number of halogens is 2. The standard InChI is InChI=1S/C47H50F2N10O5S/c48-36-23-30(22-34-35(36)25-59(46(34)64)43(45(63)54-47-50-13-21-65-47)42-39-2-1-14-58(39)27-51-42)28-3-6-32(7-4-28)56-17-19-57(20-18-56)41(61)26-55-15-11-29(12-16-55)33-8-5-31(24-37(33)49)52-38-9-10-40(60)53-44(38)62/h3-8,13,21-24,27,29,38,41,43,52,61H,1-2,9-12,14-20,25-26H2,(H,50,54,63)(H,53,60,62). The summed E-state index contributed by atoms with van der Waals surface area (Å²) in [5.41, 5.74) is 5.37. The van der Waals surface area contributed by atoms with E-state index < -0.39 is 41.9 Å². The molecule has 0 saturated carbocycles. The van der Waals surface area contributed by atoms with E-state index in [9.17, 15) is 24.3 Å². The van der Waals surface area contributed by atoms with Gasteiger partial charge in [0.1, 0.15) is 23.9 Å². The normalized spacial score (nSPS) is 20.4. The quantitative estimate of drug-likeness (QED) is 0.123. The van der Waals surface area contributed by atoms with Crippen molar-refractivity contribution in [2.24, 2.45) is 0 Å². The second-order valence-electron chi connectivity index (χ2n) is 17.5. The summed E-state index contributed by atoms with van der Waals surface area (Å²) in [5, 5.41) is 21.6. The number of aliphatic hydroxyl groups is 1. The van der Waals surface area contributed by atoms with E-state index in [0.717, 1.165) is 62.3 Å². The molecule has 2 aromatic heterocycles. The fraction of sp³-hybridized carbons (Fsp3) is 0.404. The molecular formula is C47H50F2N10O5S. The monoisotopic (exact) mass is 904 g/mol. The lowest BCUT2D eigenvalue weighted by atomic mass is 9.89. The van der Waals surface area contributed by atoms with E-state index in [1.54, 1.807) is 36.1 Å². The highest BCUT2D eigenvalue weighted by Crippen LogP contribution is 2.39. The fourth-order valence-corrected chi connectivity index (χ4v) is 10.6. The molecule has 0 aliphatic carbocycles. The number of benzene rings is 3. The molecule has 3 unspecified atom stereocenters. The molecular weight excluding hydrogens is 855 g/mol. The van der Waals surface area contributed by atoms with E-state index in [2.05, 4.69) is 40.6 Å². The average molecular weight is 905 g/mol. The van der Waals surface area contributed by atoms with Crippen molar-refractivity contribution in [3.05, 3.63) is 112 Å². The Labute approximate surface area is 378 Å². The summed E-state index contributed by atoms with van der Waals surface area (Å²) >= 11 is 1.27. The number of hydrogen-bond acceptors (Lipinski definition) is 12. The molecule has 3 saturated heterocycles. The van der Waals surface area contributed by atoms with Crippen LogP contribution in [0.1, 0.15) is 76.9 Å². The molecule has 3 aromatic carbocycles. The number of nitrogens with zero attached hydrogens (tertiary/aromatic N) is 7. The first-order valence-corrected chi connectivity index (χ1v) is 23.2. The largest absolute Gasteiger partial charge is 0.377 e. The molecule has 5 aliphatic rings. The van der Waals surface area contributed by atoms with Crippen molar-refractivity contribution in [3.8, 4) is 11.1 Å². The van der Waals surface area contributed by atoms with Crippen LogP contribution in [0.15, 0.2) is 72.5 Å². The number of thiazole rings is 1. The SMILES string of the molecule is O=C1CCC(Nc2ccc(C3CCN(CC(O)N4CCN(c5ccc(-c6cc(F)c7c(c6)C(=O)N(C(C(=O)Nc6nccs6)c6ncn8c6CCC8)C7)cc5)CC4)CC3)c(F)c2)C(=O)N1. The zero-order valence-corrected chi connectivity index (χ0v) is 36.5. The zero-order valence-electron chi connectivity index (χ0n) is 35.7. The number of likely N-dealkylation sites (tertiary alicyclic amines) is 1. The molecule has 0 spiro atoms. The van der Waals surface area contributed by atoms with E-state index in [1.165, 1.54) is 28.4 Å². The Kier molecular flexibility index (Phi) is 11.9. The average Bonchev–Trinajstić information content (AvgIpc) is 4.13. The minimum absolute atomic E-state index is 0.0543. The van der Waals surface area contributed by atoms with Crippen LogP contribution in [0, 0.1) is 11.6 Å².